The van der Waals surface area contributed by atoms with Crippen LogP contribution in [0.5, 0.6) is 0 Å². The minimum absolute atomic E-state index is 0.130. The first kappa shape index (κ1) is 13.7. The molecule has 0 aromatic heterocycles. The number of hydrogen-bond acceptors (Lipinski definition) is 2. The van der Waals surface area contributed by atoms with E-state index in [-0.39, 0.29) is 6.42 Å². The molecule has 0 aliphatic rings. The first-order chi connectivity index (χ1) is 7.38. The van der Waals surface area contributed by atoms with Gasteiger partial charge in [0, 0.05) is 21.5 Å². The molecular formula is C10H11BrF3NS. The zero-order valence-electron chi connectivity index (χ0n) is 8.35. The van der Waals surface area contributed by atoms with Crippen LogP contribution in [0.2, 0.25) is 0 Å². The molecule has 1 rings (SSSR count). The molecule has 16 heavy (non-hydrogen) atoms. The molecule has 0 bridgehead atoms. The molecule has 0 atom stereocenters. The minimum atomic E-state index is -4.06. The molecule has 0 aliphatic carbocycles. The molecule has 1 aromatic rings. The molecule has 2 N–H and O–H groups in total. The third kappa shape index (κ3) is 5.12. The summed E-state index contributed by atoms with van der Waals surface area (Å²) in [4.78, 5) is 0.913. The molecule has 0 fully saturated rings. The van der Waals surface area contributed by atoms with Gasteiger partial charge in [-0.3, -0.25) is 0 Å². The third-order valence-electron chi connectivity index (χ3n) is 1.82. The molecule has 0 radical (unpaired) electrons. The highest BCUT2D eigenvalue weighted by Crippen LogP contribution is 2.31. The van der Waals surface area contributed by atoms with Gasteiger partial charge in [0.05, 0.1) is 0 Å². The smallest absolute Gasteiger partial charge is 0.389 e. The van der Waals surface area contributed by atoms with Crippen molar-refractivity contribution in [2.75, 3.05) is 11.5 Å². The van der Waals surface area contributed by atoms with E-state index in [1.165, 1.54) is 11.8 Å². The predicted octanol–water partition coefficient (Wildman–Crippen LogP) is 4.47. The minimum Gasteiger partial charge on any atom is -0.399 e. The predicted molar refractivity (Wildman–Crippen MR) is 64.6 cm³/mol. The van der Waals surface area contributed by atoms with Crippen LogP contribution >= 0.6 is 27.7 Å². The molecule has 1 nitrogen and oxygen atoms in total. The average molecular weight is 314 g/mol. The van der Waals surface area contributed by atoms with Crippen LogP contribution in [0.4, 0.5) is 18.9 Å². The van der Waals surface area contributed by atoms with Crippen LogP contribution in [0.25, 0.3) is 0 Å². The number of anilines is 1. The van der Waals surface area contributed by atoms with Crippen molar-refractivity contribution in [2.24, 2.45) is 0 Å². The zero-order valence-corrected chi connectivity index (χ0v) is 10.8. The van der Waals surface area contributed by atoms with Gasteiger partial charge in [0.15, 0.2) is 0 Å². The Bertz CT molecular complexity index is 354. The second kappa shape index (κ2) is 5.82. The van der Waals surface area contributed by atoms with Crippen molar-refractivity contribution in [3.05, 3.63) is 22.7 Å². The lowest BCUT2D eigenvalue weighted by Crippen LogP contribution is -2.06. The molecule has 0 unspecified atom stereocenters. The fourth-order valence-electron chi connectivity index (χ4n) is 1.09. The summed E-state index contributed by atoms with van der Waals surface area (Å²) < 4.78 is 36.5. The lowest BCUT2D eigenvalue weighted by molar-refractivity contribution is -0.134. The summed E-state index contributed by atoms with van der Waals surface area (Å²) in [6.07, 6.45) is -4.66. The SMILES string of the molecule is Nc1ccc(SCCCC(F)(F)F)c(Br)c1. The Labute approximate surface area is 105 Å². The van der Waals surface area contributed by atoms with Crippen LogP contribution < -0.4 is 5.73 Å². The summed E-state index contributed by atoms with van der Waals surface area (Å²) in [5.74, 6) is 0.446. The normalized spacial score (nSPS) is 11.8. The van der Waals surface area contributed by atoms with Crippen LogP contribution in [-0.2, 0) is 0 Å². The van der Waals surface area contributed by atoms with Crippen molar-refractivity contribution in [1.82, 2.24) is 0 Å². The van der Waals surface area contributed by atoms with Crippen molar-refractivity contribution in [1.29, 1.82) is 0 Å². The Morgan fingerprint density at radius 2 is 2.00 bits per heavy atom. The summed E-state index contributed by atoms with van der Waals surface area (Å²) in [6.45, 7) is 0. The fourth-order valence-corrected chi connectivity index (χ4v) is 2.70. The van der Waals surface area contributed by atoms with Gasteiger partial charge in [0.25, 0.3) is 0 Å². The van der Waals surface area contributed by atoms with E-state index >= 15 is 0 Å². The van der Waals surface area contributed by atoms with E-state index in [9.17, 15) is 13.2 Å². The number of thioether (sulfide) groups is 1. The Hall–Kier alpha value is -0.360. The van der Waals surface area contributed by atoms with Gasteiger partial charge in [0.2, 0.25) is 0 Å². The summed E-state index contributed by atoms with van der Waals surface area (Å²) in [5, 5.41) is 0. The standard InChI is InChI=1S/C10H11BrF3NS/c11-8-6-7(15)2-3-9(8)16-5-1-4-10(12,13)14/h2-3,6H,1,4-5,15H2. The summed E-state index contributed by atoms with van der Waals surface area (Å²) >= 11 is 4.71. The van der Waals surface area contributed by atoms with E-state index in [2.05, 4.69) is 15.9 Å². The monoisotopic (exact) mass is 313 g/mol. The Morgan fingerprint density at radius 3 is 2.56 bits per heavy atom. The van der Waals surface area contributed by atoms with Crippen molar-refractivity contribution < 1.29 is 13.2 Å². The van der Waals surface area contributed by atoms with E-state index in [0.717, 1.165) is 9.37 Å². The number of nitrogens with two attached hydrogens (primary N) is 1. The first-order valence-corrected chi connectivity index (χ1v) is 6.41. The average Bonchev–Trinajstić information content (AvgIpc) is 2.13. The van der Waals surface area contributed by atoms with Gasteiger partial charge in [-0.1, -0.05) is 0 Å². The number of nitrogen functional groups attached to an aromatic ring is 1. The molecule has 0 saturated heterocycles. The highest BCUT2D eigenvalue weighted by molar-refractivity contribution is 9.10. The van der Waals surface area contributed by atoms with Gasteiger partial charge >= 0.3 is 6.18 Å². The van der Waals surface area contributed by atoms with E-state index in [1.807, 2.05) is 0 Å². The summed E-state index contributed by atoms with van der Waals surface area (Å²) in [7, 11) is 0. The zero-order chi connectivity index (χ0) is 12.2. The molecule has 0 heterocycles. The topological polar surface area (TPSA) is 26.0 Å². The Balaban J connectivity index is 2.38. The van der Waals surface area contributed by atoms with Crippen molar-refractivity contribution in [3.63, 3.8) is 0 Å². The maximum absolute atomic E-state index is 11.9. The van der Waals surface area contributed by atoms with Gasteiger partial charge in [-0.05, 0) is 46.3 Å². The molecule has 0 spiro atoms. The van der Waals surface area contributed by atoms with E-state index in [1.54, 1.807) is 18.2 Å². The lowest BCUT2D eigenvalue weighted by Gasteiger charge is -2.07. The lowest BCUT2D eigenvalue weighted by atomic mass is 10.3. The molecule has 1 aromatic carbocycles. The number of halogens is 4. The van der Waals surface area contributed by atoms with Crippen molar-refractivity contribution in [2.45, 2.75) is 23.9 Å². The molecule has 6 heteroatoms. The van der Waals surface area contributed by atoms with Crippen LogP contribution in [-0.4, -0.2) is 11.9 Å². The molecular weight excluding hydrogens is 303 g/mol. The van der Waals surface area contributed by atoms with Crippen LogP contribution in [0.1, 0.15) is 12.8 Å². The highest BCUT2D eigenvalue weighted by atomic mass is 79.9. The molecule has 0 amide bonds. The molecule has 90 valence electrons. The van der Waals surface area contributed by atoms with Crippen LogP contribution in [0, 0.1) is 0 Å². The number of rotatable bonds is 4. The van der Waals surface area contributed by atoms with Gasteiger partial charge in [0.1, 0.15) is 0 Å². The van der Waals surface area contributed by atoms with Gasteiger partial charge in [-0.25, -0.2) is 0 Å². The Morgan fingerprint density at radius 1 is 1.31 bits per heavy atom. The second-order valence-electron chi connectivity index (χ2n) is 3.26. The summed E-state index contributed by atoms with van der Waals surface area (Å²) in [6, 6.07) is 5.28. The number of benzene rings is 1. The highest BCUT2D eigenvalue weighted by Gasteiger charge is 2.25. The summed E-state index contributed by atoms with van der Waals surface area (Å²) in [5.41, 5.74) is 6.18. The maximum atomic E-state index is 11.9. The Kier molecular flexibility index (Phi) is 4.98. The van der Waals surface area contributed by atoms with Crippen LogP contribution in [0.15, 0.2) is 27.6 Å². The third-order valence-corrected chi connectivity index (χ3v) is 3.90. The van der Waals surface area contributed by atoms with E-state index in [4.69, 9.17) is 5.73 Å². The van der Waals surface area contributed by atoms with Gasteiger partial charge in [-0.15, -0.1) is 11.8 Å². The van der Waals surface area contributed by atoms with Crippen molar-refractivity contribution >= 4 is 33.4 Å². The van der Waals surface area contributed by atoms with Gasteiger partial charge in [-0.2, -0.15) is 13.2 Å². The van der Waals surface area contributed by atoms with E-state index in [0.29, 0.717) is 11.4 Å². The fraction of sp³-hybridized carbons (Fsp3) is 0.400. The maximum Gasteiger partial charge on any atom is 0.389 e. The number of alkyl halides is 3. The van der Waals surface area contributed by atoms with E-state index < -0.39 is 12.6 Å². The largest absolute Gasteiger partial charge is 0.399 e. The van der Waals surface area contributed by atoms with Crippen molar-refractivity contribution in [3.8, 4) is 0 Å². The molecule has 0 saturated carbocycles. The van der Waals surface area contributed by atoms with Crippen LogP contribution in [0.3, 0.4) is 0 Å². The number of hydrogen-bond donors (Lipinski definition) is 1. The first-order valence-electron chi connectivity index (χ1n) is 4.63. The quantitative estimate of drug-likeness (QED) is 0.504. The van der Waals surface area contributed by atoms with Gasteiger partial charge < -0.3 is 5.73 Å². The second-order valence-corrected chi connectivity index (χ2v) is 5.25. The molecule has 0 aliphatic heterocycles.